The first-order chi connectivity index (χ1) is 19.2. The molecular formula is C28H31N9O3. The summed E-state index contributed by atoms with van der Waals surface area (Å²) in [5.74, 6) is -0.715. The van der Waals surface area contributed by atoms with E-state index in [9.17, 15) is 19.6 Å². The standard InChI is InChI=1S/C28H31N9O3/c1-36-34-27(33-35-36)28(10-11-32-16-24(38)37-12-2-3-21(37)15-29)22-8-6-19(25(30)39)13-17(22)4-5-18-14-20(26(31)40)7-9-23(18)28/h6-9,13-14,21,32H,2-5,10-12,16H2,1H3,(H2,30,39)(H2,31,40)/t21-/m0/s1. The monoisotopic (exact) mass is 541 g/mol. The molecule has 5 rings (SSSR count). The van der Waals surface area contributed by atoms with Crippen LogP contribution in [0.25, 0.3) is 0 Å². The van der Waals surface area contributed by atoms with Gasteiger partial charge in [0.2, 0.25) is 17.7 Å². The van der Waals surface area contributed by atoms with Gasteiger partial charge in [0.1, 0.15) is 6.04 Å². The highest BCUT2D eigenvalue weighted by Crippen LogP contribution is 2.46. The normalized spacial score (nSPS) is 17.4. The van der Waals surface area contributed by atoms with E-state index in [1.165, 1.54) is 4.80 Å². The first-order valence-electron chi connectivity index (χ1n) is 13.3. The SMILES string of the molecule is Cn1nnc(C2(CCNCC(=O)N3CCC[C@H]3C#N)c3ccc(C(N)=O)cc3CCc3cc(C(N)=O)ccc32)n1. The summed E-state index contributed by atoms with van der Waals surface area (Å²) >= 11 is 0. The Morgan fingerprint density at radius 2 is 1.70 bits per heavy atom. The number of aromatic nitrogens is 4. The molecular weight excluding hydrogens is 510 g/mol. The van der Waals surface area contributed by atoms with Crippen LogP contribution >= 0.6 is 0 Å². The number of carbonyl (C=O) groups excluding carboxylic acids is 3. The molecule has 0 spiro atoms. The lowest BCUT2D eigenvalue weighted by molar-refractivity contribution is -0.130. The molecule has 1 saturated heterocycles. The van der Waals surface area contributed by atoms with Crippen LogP contribution in [-0.2, 0) is 30.1 Å². The maximum atomic E-state index is 12.9. The molecule has 5 N–H and O–H groups in total. The molecule has 206 valence electrons. The summed E-state index contributed by atoms with van der Waals surface area (Å²) < 4.78 is 0. The summed E-state index contributed by atoms with van der Waals surface area (Å²) in [4.78, 5) is 40.0. The van der Waals surface area contributed by atoms with Crippen molar-refractivity contribution in [2.75, 3.05) is 19.6 Å². The van der Waals surface area contributed by atoms with Crippen LogP contribution in [0, 0.1) is 11.3 Å². The third kappa shape index (κ3) is 4.80. The van der Waals surface area contributed by atoms with E-state index in [0.29, 0.717) is 55.7 Å². The van der Waals surface area contributed by atoms with E-state index in [-0.39, 0.29) is 18.5 Å². The molecule has 40 heavy (non-hydrogen) atoms. The number of hydrogen-bond acceptors (Lipinski definition) is 8. The largest absolute Gasteiger partial charge is 0.366 e. The molecule has 1 fully saturated rings. The lowest BCUT2D eigenvalue weighted by atomic mass is 9.69. The van der Waals surface area contributed by atoms with E-state index in [4.69, 9.17) is 11.5 Å². The molecule has 0 unspecified atom stereocenters. The van der Waals surface area contributed by atoms with Crippen molar-refractivity contribution in [2.45, 2.75) is 43.6 Å². The highest BCUT2D eigenvalue weighted by molar-refractivity contribution is 5.94. The Kier molecular flexibility index (Phi) is 7.32. The first kappa shape index (κ1) is 27.0. The quantitative estimate of drug-likeness (QED) is 0.341. The zero-order valence-corrected chi connectivity index (χ0v) is 22.3. The van der Waals surface area contributed by atoms with Gasteiger partial charge >= 0.3 is 0 Å². The maximum Gasteiger partial charge on any atom is 0.248 e. The summed E-state index contributed by atoms with van der Waals surface area (Å²) in [6, 6.07) is 12.6. The van der Waals surface area contributed by atoms with Gasteiger partial charge in [-0.3, -0.25) is 14.4 Å². The van der Waals surface area contributed by atoms with Crippen LogP contribution in [0.15, 0.2) is 36.4 Å². The van der Waals surface area contributed by atoms with Crippen LogP contribution in [0.1, 0.15) is 68.1 Å². The number of nitrogens with zero attached hydrogens (tertiary/aromatic N) is 6. The van der Waals surface area contributed by atoms with Crippen molar-refractivity contribution in [3.63, 3.8) is 0 Å². The van der Waals surface area contributed by atoms with E-state index < -0.39 is 17.2 Å². The molecule has 1 aromatic heterocycles. The van der Waals surface area contributed by atoms with Crippen molar-refractivity contribution >= 4 is 17.7 Å². The number of aryl methyl sites for hydroxylation is 3. The molecule has 0 bridgehead atoms. The number of nitrogens with one attached hydrogen (secondary N) is 1. The molecule has 2 aromatic carbocycles. The number of carbonyl (C=O) groups is 3. The van der Waals surface area contributed by atoms with Crippen molar-refractivity contribution in [1.82, 2.24) is 30.4 Å². The Morgan fingerprint density at radius 1 is 1.07 bits per heavy atom. The maximum absolute atomic E-state index is 12.9. The van der Waals surface area contributed by atoms with E-state index >= 15 is 0 Å². The van der Waals surface area contributed by atoms with Crippen LogP contribution < -0.4 is 16.8 Å². The Bertz CT molecular complexity index is 1460. The lowest BCUT2D eigenvalue weighted by Crippen LogP contribution is -2.42. The Hall–Kier alpha value is -4.63. The highest BCUT2D eigenvalue weighted by atomic mass is 16.2. The smallest absolute Gasteiger partial charge is 0.248 e. The van der Waals surface area contributed by atoms with Gasteiger partial charge < -0.3 is 21.7 Å². The summed E-state index contributed by atoms with van der Waals surface area (Å²) in [5.41, 5.74) is 14.7. The van der Waals surface area contributed by atoms with Crippen molar-refractivity contribution in [3.8, 4) is 6.07 Å². The van der Waals surface area contributed by atoms with Crippen LogP contribution in [0.2, 0.25) is 0 Å². The molecule has 2 heterocycles. The molecule has 1 aliphatic heterocycles. The topological polar surface area (TPSA) is 186 Å². The zero-order valence-electron chi connectivity index (χ0n) is 22.3. The van der Waals surface area contributed by atoms with Crippen LogP contribution in [0.5, 0.6) is 0 Å². The van der Waals surface area contributed by atoms with Crippen LogP contribution in [0.3, 0.4) is 0 Å². The van der Waals surface area contributed by atoms with Gasteiger partial charge in [-0.1, -0.05) is 12.1 Å². The summed E-state index contributed by atoms with van der Waals surface area (Å²) in [7, 11) is 1.69. The zero-order chi connectivity index (χ0) is 28.4. The van der Waals surface area contributed by atoms with Gasteiger partial charge in [0.25, 0.3) is 0 Å². The van der Waals surface area contributed by atoms with Crippen molar-refractivity contribution in [3.05, 3.63) is 75.6 Å². The average molecular weight is 542 g/mol. The molecule has 0 radical (unpaired) electrons. The van der Waals surface area contributed by atoms with Gasteiger partial charge in [-0.2, -0.15) is 10.1 Å². The number of fused-ring (bicyclic) bond motifs is 2. The van der Waals surface area contributed by atoms with E-state index in [2.05, 4.69) is 26.8 Å². The summed E-state index contributed by atoms with van der Waals surface area (Å²) in [5, 5.41) is 25.8. The molecule has 0 saturated carbocycles. The van der Waals surface area contributed by atoms with Gasteiger partial charge in [0.05, 0.1) is 25.1 Å². The number of nitriles is 1. The lowest BCUT2D eigenvalue weighted by Gasteiger charge is -2.34. The fourth-order valence-electron chi connectivity index (χ4n) is 6.00. The minimum Gasteiger partial charge on any atom is -0.366 e. The molecule has 1 aliphatic carbocycles. The van der Waals surface area contributed by atoms with Gasteiger partial charge in [0, 0.05) is 17.7 Å². The van der Waals surface area contributed by atoms with Gasteiger partial charge in [0.15, 0.2) is 5.82 Å². The molecule has 2 aliphatic rings. The number of rotatable bonds is 8. The van der Waals surface area contributed by atoms with Gasteiger partial charge in [-0.25, -0.2) is 0 Å². The fraction of sp³-hybridized carbons (Fsp3) is 0.393. The van der Waals surface area contributed by atoms with E-state index in [1.54, 1.807) is 36.2 Å². The third-order valence-corrected chi connectivity index (χ3v) is 7.93. The van der Waals surface area contributed by atoms with E-state index in [0.717, 1.165) is 28.7 Å². The average Bonchev–Trinajstić information content (AvgIpc) is 3.58. The first-order valence-corrected chi connectivity index (χ1v) is 13.3. The van der Waals surface area contributed by atoms with E-state index in [1.807, 2.05) is 12.1 Å². The second-order valence-electron chi connectivity index (χ2n) is 10.3. The van der Waals surface area contributed by atoms with Crippen LogP contribution in [0.4, 0.5) is 0 Å². The number of amides is 3. The molecule has 12 nitrogen and oxygen atoms in total. The van der Waals surface area contributed by atoms with Gasteiger partial charge in [-0.05, 0) is 90.4 Å². The van der Waals surface area contributed by atoms with Crippen molar-refractivity contribution in [1.29, 1.82) is 5.26 Å². The minimum absolute atomic E-state index is 0.0864. The highest BCUT2D eigenvalue weighted by Gasteiger charge is 2.44. The third-order valence-electron chi connectivity index (χ3n) is 7.93. The Balaban J connectivity index is 1.57. The minimum atomic E-state index is -0.916. The van der Waals surface area contributed by atoms with Crippen LogP contribution in [-0.4, -0.2) is 68.5 Å². The van der Waals surface area contributed by atoms with Gasteiger partial charge in [-0.15, -0.1) is 10.2 Å². The predicted molar refractivity (Wildman–Crippen MR) is 144 cm³/mol. The number of benzene rings is 2. The number of hydrogen-bond donors (Lipinski definition) is 3. The summed E-state index contributed by atoms with van der Waals surface area (Å²) in [6.07, 6.45) is 3.13. The Morgan fingerprint density at radius 3 is 2.23 bits per heavy atom. The fourth-order valence-corrected chi connectivity index (χ4v) is 6.00. The predicted octanol–water partition coefficient (Wildman–Crippen LogP) is 0.335. The second kappa shape index (κ2) is 10.9. The number of nitrogens with two attached hydrogens (primary N) is 2. The van der Waals surface area contributed by atoms with Crippen molar-refractivity contribution in [2.24, 2.45) is 18.5 Å². The number of tetrazole rings is 1. The number of likely N-dealkylation sites (tertiary alicyclic amines) is 1. The molecule has 12 heteroatoms. The molecule has 3 aromatic rings. The summed E-state index contributed by atoms with van der Waals surface area (Å²) in [6.45, 7) is 1.07. The van der Waals surface area contributed by atoms with Crippen molar-refractivity contribution < 1.29 is 14.4 Å². The second-order valence-corrected chi connectivity index (χ2v) is 10.3. The molecule has 3 amide bonds. The molecule has 1 atom stereocenters. The number of primary amides is 2. The Labute approximate surface area is 231 Å².